The molecule has 0 saturated heterocycles. The van der Waals surface area contributed by atoms with Crippen molar-refractivity contribution in [2.45, 2.75) is 45.4 Å². The summed E-state index contributed by atoms with van der Waals surface area (Å²) in [5.74, 6) is -0.252. The van der Waals surface area contributed by atoms with E-state index in [9.17, 15) is 9.59 Å². The molecule has 0 saturated carbocycles. The van der Waals surface area contributed by atoms with E-state index < -0.39 is 0 Å². The molecule has 0 radical (unpaired) electrons. The van der Waals surface area contributed by atoms with Crippen molar-refractivity contribution < 1.29 is 13.9 Å². The first kappa shape index (κ1) is 16.3. The van der Waals surface area contributed by atoms with Gasteiger partial charge in [-0.05, 0) is 6.42 Å². The third-order valence-electron chi connectivity index (χ3n) is 3.06. The first-order valence-electron chi connectivity index (χ1n) is 7.14. The minimum absolute atomic E-state index is 0.0155. The van der Waals surface area contributed by atoms with E-state index in [0.717, 1.165) is 25.2 Å². The van der Waals surface area contributed by atoms with Crippen LogP contribution in [-0.4, -0.2) is 19.6 Å². The minimum atomic E-state index is -0.363. The van der Waals surface area contributed by atoms with E-state index in [0.29, 0.717) is 6.54 Å². The van der Waals surface area contributed by atoms with Crippen molar-refractivity contribution >= 4 is 5.91 Å². The molecule has 0 aliphatic heterocycles. The van der Waals surface area contributed by atoms with E-state index in [4.69, 9.17) is 9.15 Å². The Morgan fingerprint density at radius 3 is 2.60 bits per heavy atom. The van der Waals surface area contributed by atoms with Gasteiger partial charge in [-0.2, -0.15) is 0 Å². The molecule has 1 N–H and O–H groups in total. The molecule has 1 amide bonds. The zero-order valence-corrected chi connectivity index (χ0v) is 12.2. The summed E-state index contributed by atoms with van der Waals surface area (Å²) >= 11 is 0. The van der Waals surface area contributed by atoms with Gasteiger partial charge in [-0.15, -0.1) is 0 Å². The van der Waals surface area contributed by atoms with Crippen LogP contribution in [-0.2, 0) is 0 Å². The van der Waals surface area contributed by atoms with Crippen molar-refractivity contribution in [1.29, 1.82) is 0 Å². The number of amides is 1. The molecule has 20 heavy (non-hydrogen) atoms. The van der Waals surface area contributed by atoms with Gasteiger partial charge in [0.15, 0.2) is 5.76 Å². The van der Waals surface area contributed by atoms with Gasteiger partial charge >= 0.3 is 0 Å². The van der Waals surface area contributed by atoms with Crippen LogP contribution in [0.2, 0.25) is 0 Å². The fourth-order valence-electron chi connectivity index (χ4n) is 1.86. The van der Waals surface area contributed by atoms with Gasteiger partial charge in [0.2, 0.25) is 11.2 Å². The van der Waals surface area contributed by atoms with E-state index in [1.807, 2.05) is 0 Å². The Bertz CT molecular complexity index is 467. The zero-order chi connectivity index (χ0) is 14.8. The van der Waals surface area contributed by atoms with E-state index in [2.05, 4.69) is 12.2 Å². The van der Waals surface area contributed by atoms with Gasteiger partial charge in [0.25, 0.3) is 5.91 Å². The van der Waals surface area contributed by atoms with Crippen molar-refractivity contribution in [1.82, 2.24) is 5.32 Å². The molecule has 1 heterocycles. The highest BCUT2D eigenvalue weighted by atomic mass is 16.5. The van der Waals surface area contributed by atoms with Crippen LogP contribution in [0.25, 0.3) is 0 Å². The van der Waals surface area contributed by atoms with Gasteiger partial charge < -0.3 is 14.5 Å². The summed E-state index contributed by atoms with van der Waals surface area (Å²) in [5, 5.41) is 2.74. The number of unbranched alkanes of at least 4 members (excludes halogenated alkanes) is 5. The molecule has 0 bridgehead atoms. The maximum atomic E-state index is 11.7. The standard InChI is InChI=1S/C15H23NO4/c1-3-4-5-6-7-8-9-16-15(18)13-10-12(17)14(19-2)11-20-13/h10-11H,3-9H2,1-2H3,(H,16,18). The smallest absolute Gasteiger partial charge is 0.287 e. The highest BCUT2D eigenvalue weighted by Gasteiger charge is 2.10. The molecule has 5 nitrogen and oxygen atoms in total. The first-order valence-corrected chi connectivity index (χ1v) is 7.14. The van der Waals surface area contributed by atoms with Crippen LogP contribution in [0.3, 0.4) is 0 Å². The fraction of sp³-hybridized carbons (Fsp3) is 0.600. The zero-order valence-electron chi connectivity index (χ0n) is 12.2. The number of carbonyl (C=O) groups excluding carboxylic acids is 1. The Balaban J connectivity index is 2.29. The van der Waals surface area contributed by atoms with Gasteiger partial charge in [0, 0.05) is 12.6 Å². The lowest BCUT2D eigenvalue weighted by Crippen LogP contribution is -2.25. The number of hydrogen-bond acceptors (Lipinski definition) is 4. The highest BCUT2D eigenvalue weighted by Crippen LogP contribution is 2.06. The molecule has 0 spiro atoms. The largest absolute Gasteiger partial charge is 0.490 e. The summed E-state index contributed by atoms with van der Waals surface area (Å²) < 4.78 is 9.85. The fourth-order valence-corrected chi connectivity index (χ4v) is 1.86. The van der Waals surface area contributed by atoms with Crippen molar-refractivity contribution in [2.24, 2.45) is 0 Å². The van der Waals surface area contributed by atoms with Crippen molar-refractivity contribution in [2.75, 3.05) is 13.7 Å². The number of methoxy groups -OCH3 is 1. The van der Waals surface area contributed by atoms with E-state index >= 15 is 0 Å². The molecular formula is C15H23NO4. The molecule has 0 aliphatic rings. The molecule has 1 rings (SSSR count). The second-order valence-electron chi connectivity index (χ2n) is 4.70. The van der Waals surface area contributed by atoms with Crippen molar-refractivity contribution in [3.05, 3.63) is 28.3 Å². The van der Waals surface area contributed by atoms with Gasteiger partial charge in [0.05, 0.1) is 7.11 Å². The van der Waals surface area contributed by atoms with Gasteiger partial charge in [-0.25, -0.2) is 0 Å². The molecule has 1 aromatic heterocycles. The van der Waals surface area contributed by atoms with Crippen LogP contribution < -0.4 is 15.5 Å². The van der Waals surface area contributed by atoms with E-state index in [-0.39, 0.29) is 22.8 Å². The molecule has 5 heteroatoms. The number of nitrogens with one attached hydrogen (secondary N) is 1. The van der Waals surface area contributed by atoms with Crippen molar-refractivity contribution in [3.63, 3.8) is 0 Å². The Labute approximate surface area is 119 Å². The molecule has 0 atom stereocenters. The Morgan fingerprint density at radius 2 is 1.95 bits per heavy atom. The predicted octanol–water partition coefficient (Wildman–Crippen LogP) is 2.74. The maximum absolute atomic E-state index is 11.7. The van der Waals surface area contributed by atoms with Crippen LogP contribution in [0.1, 0.15) is 56.0 Å². The summed E-state index contributed by atoms with van der Waals surface area (Å²) in [4.78, 5) is 23.2. The Hall–Kier alpha value is -1.78. The monoisotopic (exact) mass is 281 g/mol. The average Bonchev–Trinajstić information content (AvgIpc) is 2.46. The van der Waals surface area contributed by atoms with Gasteiger partial charge in [0.1, 0.15) is 6.26 Å². The average molecular weight is 281 g/mol. The number of rotatable bonds is 9. The number of carbonyl (C=O) groups is 1. The Kier molecular flexibility index (Phi) is 7.47. The van der Waals surface area contributed by atoms with Crippen molar-refractivity contribution in [3.8, 4) is 5.75 Å². The van der Waals surface area contributed by atoms with E-state index in [1.54, 1.807) is 0 Å². The van der Waals surface area contributed by atoms with Crippen LogP contribution in [0.4, 0.5) is 0 Å². The first-order chi connectivity index (χ1) is 9.69. The van der Waals surface area contributed by atoms with E-state index in [1.165, 1.54) is 32.8 Å². The third kappa shape index (κ3) is 5.47. The Morgan fingerprint density at radius 1 is 1.25 bits per heavy atom. The summed E-state index contributed by atoms with van der Waals surface area (Å²) in [7, 11) is 1.38. The van der Waals surface area contributed by atoms with Crippen LogP contribution in [0.5, 0.6) is 5.75 Å². The van der Waals surface area contributed by atoms with Gasteiger partial charge in [-0.3, -0.25) is 9.59 Å². The quantitative estimate of drug-likeness (QED) is 0.707. The SMILES string of the molecule is CCCCCCCCNC(=O)c1cc(=O)c(OC)co1. The maximum Gasteiger partial charge on any atom is 0.287 e. The molecule has 0 aromatic carbocycles. The molecule has 0 aliphatic carbocycles. The van der Waals surface area contributed by atoms with Gasteiger partial charge in [-0.1, -0.05) is 39.0 Å². The lowest BCUT2D eigenvalue weighted by atomic mass is 10.1. The van der Waals surface area contributed by atoms with Crippen LogP contribution in [0.15, 0.2) is 21.5 Å². The normalized spacial score (nSPS) is 10.3. The number of ether oxygens (including phenoxy) is 1. The topological polar surface area (TPSA) is 68.5 Å². The molecule has 1 aromatic rings. The second kappa shape index (κ2) is 9.18. The van der Waals surface area contributed by atoms with Crippen LogP contribution in [0, 0.1) is 0 Å². The summed E-state index contributed by atoms with van der Waals surface area (Å²) in [5.41, 5.74) is -0.358. The van der Waals surface area contributed by atoms with Crippen LogP contribution >= 0.6 is 0 Å². The second-order valence-corrected chi connectivity index (χ2v) is 4.70. The summed E-state index contributed by atoms with van der Waals surface area (Å²) in [6, 6.07) is 1.15. The summed E-state index contributed by atoms with van der Waals surface area (Å²) in [6.45, 7) is 2.78. The molecular weight excluding hydrogens is 258 g/mol. The summed E-state index contributed by atoms with van der Waals surface area (Å²) in [6.07, 6.45) is 8.14. The lowest BCUT2D eigenvalue weighted by molar-refractivity contribution is 0.0922. The molecule has 0 fully saturated rings. The third-order valence-corrected chi connectivity index (χ3v) is 3.06. The molecule has 0 unspecified atom stereocenters. The molecule has 112 valence electrons. The predicted molar refractivity (Wildman–Crippen MR) is 77.2 cm³/mol. The minimum Gasteiger partial charge on any atom is -0.490 e. The lowest BCUT2D eigenvalue weighted by Gasteiger charge is -2.05. The number of hydrogen-bond donors (Lipinski definition) is 1. The highest BCUT2D eigenvalue weighted by molar-refractivity contribution is 5.91.